The van der Waals surface area contributed by atoms with E-state index in [9.17, 15) is 0 Å². The Kier molecular flexibility index (Phi) is 4.98. The molecule has 0 bridgehead atoms. The predicted molar refractivity (Wildman–Crippen MR) is 82.8 cm³/mol. The first kappa shape index (κ1) is 16.4. The Balaban J connectivity index is 4.89. The van der Waals surface area contributed by atoms with Crippen molar-refractivity contribution in [2.75, 3.05) is 0 Å². The molecule has 0 heterocycles. The standard InChI is InChI=1S/C10H24Cl2SSi2/c1-9(11,14(3,4)5)13-10(2,12)15(6,7)8/h1-8H3. The average Bonchev–Trinajstić information content (AvgIpc) is 1.77. The van der Waals surface area contributed by atoms with E-state index in [1.807, 2.05) is 0 Å². The summed E-state index contributed by atoms with van der Waals surface area (Å²) in [5.74, 6) is 0. The normalized spacial score (nSPS) is 22.0. The molecule has 0 fully saturated rings. The van der Waals surface area contributed by atoms with Gasteiger partial charge in [-0.05, 0) is 13.8 Å². The number of alkyl halides is 2. The Labute approximate surface area is 112 Å². The minimum Gasteiger partial charge on any atom is -0.124 e. The monoisotopic (exact) mass is 302 g/mol. The Hall–Kier alpha value is 1.36. The number of hydrogen-bond donors (Lipinski definition) is 0. The largest absolute Gasteiger partial charge is 0.124 e. The van der Waals surface area contributed by atoms with E-state index >= 15 is 0 Å². The molecule has 0 amide bonds. The van der Waals surface area contributed by atoms with E-state index in [0.717, 1.165) is 0 Å². The van der Waals surface area contributed by atoms with E-state index < -0.39 is 16.1 Å². The van der Waals surface area contributed by atoms with Crippen molar-refractivity contribution >= 4 is 51.1 Å². The van der Waals surface area contributed by atoms with Crippen LogP contribution < -0.4 is 0 Å². The molecule has 92 valence electrons. The number of rotatable bonds is 4. The van der Waals surface area contributed by atoms with Gasteiger partial charge in [0, 0.05) is 0 Å². The van der Waals surface area contributed by atoms with Crippen molar-refractivity contribution in [2.24, 2.45) is 0 Å². The molecule has 0 radical (unpaired) electrons. The molecule has 0 aromatic heterocycles. The first-order chi connectivity index (χ1) is 6.21. The van der Waals surface area contributed by atoms with E-state index in [1.165, 1.54) is 0 Å². The van der Waals surface area contributed by atoms with Crippen molar-refractivity contribution in [1.82, 2.24) is 0 Å². The first-order valence-electron chi connectivity index (χ1n) is 5.29. The van der Waals surface area contributed by atoms with Crippen molar-refractivity contribution in [3.63, 3.8) is 0 Å². The van der Waals surface area contributed by atoms with Crippen LogP contribution in [-0.4, -0.2) is 23.8 Å². The summed E-state index contributed by atoms with van der Waals surface area (Å²) in [5.41, 5.74) is 0. The molecule has 0 saturated heterocycles. The summed E-state index contributed by atoms with van der Waals surface area (Å²) in [6.45, 7) is 18.0. The maximum Gasteiger partial charge on any atom is 0.0811 e. The van der Waals surface area contributed by atoms with Gasteiger partial charge in [-0.3, -0.25) is 0 Å². The number of hydrogen-bond acceptors (Lipinski definition) is 1. The van der Waals surface area contributed by atoms with Crippen LogP contribution in [0.4, 0.5) is 0 Å². The lowest BCUT2D eigenvalue weighted by Crippen LogP contribution is -2.51. The Morgan fingerprint density at radius 2 is 0.933 bits per heavy atom. The van der Waals surface area contributed by atoms with Crippen molar-refractivity contribution in [3.05, 3.63) is 0 Å². The van der Waals surface area contributed by atoms with Crippen molar-refractivity contribution < 1.29 is 0 Å². The van der Waals surface area contributed by atoms with Gasteiger partial charge in [-0.2, -0.15) is 0 Å². The molecular weight excluding hydrogens is 279 g/mol. The van der Waals surface area contributed by atoms with Crippen molar-refractivity contribution in [1.29, 1.82) is 0 Å². The Bertz CT molecular complexity index is 203. The maximum absolute atomic E-state index is 6.67. The van der Waals surface area contributed by atoms with Gasteiger partial charge in [-0.1, -0.05) is 39.3 Å². The molecule has 2 unspecified atom stereocenters. The zero-order valence-corrected chi connectivity index (χ0v) is 15.5. The fourth-order valence-electron chi connectivity index (χ4n) is 0.666. The lowest BCUT2D eigenvalue weighted by Gasteiger charge is -2.43. The van der Waals surface area contributed by atoms with Gasteiger partial charge in [0.2, 0.25) is 0 Å². The van der Waals surface area contributed by atoms with E-state index in [0.29, 0.717) is 0 Å². The molecule has 0 aliphatic carbocycles. The van der Waals surface area contributed by atoms with Crippen LogP contribution in [0.1, 0.15) is 13.8 Å². The maximum atomic E-state index is 6.67. The number of thioether (sulfide) groups is 1. The molecule has 0 nitrogen and oxygen atoms in total. The second kappa shape index (κ2) is 4.56. The Morgan fingerprint density at radius 3 is 1.07 bits per heavy atom. The van der Waals surface area contributed by atoms with E-state index in [-0.39, 0.29) is 7.66 Å². The number of halogens is 2. The highest BCUT2D eigenvalue weighted by Gasteiger charge is 2.48. The third-order valence-electron chi connectivity index (χ3n) is 3.06. The van der Waals surface area contributed by atoms with E-state index in [1.54, 1.807) is 11.8 Å². The molecule has 0 aromatic rings. The lowest BCUT2D eigenvalue weighted by atomic mass is 10.9. The van der Waals surface area contributed by atoms with Gasteiger partial charge in [0.05, 0.1) is 23.8 Å². The molecule has 0 saturated carbocycles. The van der Waals surface area contributed by atoms with E-state index in [2.05, 4.69) is 53.1 Å². The average molecular weight is 303 g/mol. The van der Waals surface area contributed by atoms with Gasteiger partial charge >= 0.3 is 0 Å². The predicted octanol–water partition coefficient (Wildman–Crippen LogP) is 5.38. The summed E-state index contributed by atoms with van der Waals surface area (Å²) < 4.78 is -0.381. The topological polar surface area (TPSA) is 0 Å². The summed E-state index contributed by atoms with van der Waals surface area (Å²) in [6.07, 6.45) is 0. The SMILES string of the molecule is CC(Cl)(SC(C)(Cl)[Si](C)(C)C)[Si](C)(C)C. The minimum atomic E-state index is -1.41. The van der Waals surface area contributed by atoms with Crippen LogP contribution in [0.2, 0.25) is 39.3 Å². The molecule has 0 rings (SSSR count). The molecular formula is C10H24Cl2SSi2. The van der Waals surface area contributed by atoms with Gasteiger partial charge in [0.1, 0.15) is 0 Å². The summed E-state index contributed by atoms with van der Waals surface area (Å²) in [7, 11) is -2.81. The zero-order valence-electron chi connectivity index (χ0n) is 11.2. The highest BCUT2D eigenvalue weighted by molar-refractivity contribution is 8.08. The highest BCUT2D eigenvalue weighted by atomic mass is 35.5. The van der Waals surface area contributed by atoms with Gasteiger partial charge in [-0.25, -0.2) is 0 Å². The molecule has 0 N–H and O–H groups in total. The molecule has 0 aliphatic heterocycles. The Morgan fingerprint density at radius 1 is 0.733 bits per heavy atom. The molecule has 2 atom stereocenters. The molecule has 15 heavy (non-hydrogen) atoms. The zero-order chi connectivity index (χ0) is 12.7. The van der Waals surface area contributed by atoms with Gasteiger partial charge < -0.3 is 0 Å². The quantitative estimate of drug-likeness (QED) is 0.496. The first-order valence-corrected chi connectivity index (χ1v) is 13.9. The summed E-state index contributed by atoms with van der Waals surface area (Å²) in [4.78, 5) is 0. The minimum absolute atomic E-state index is 0.191. The summed E-state index contributed by atoms with van der Waals surface area (Å²) >= 11 is 15.1. The van der Waals surface area contributed by atoms with Crippen LogP contribution in [0.5, 0.6) is 0 Å². The van der Waals surface area contributed by atoms with Crippen molar-refractivity contribution in [3.8, 4) is 0 Å². The molecule has 0 aromatic carbocycles. The van der Waals surface area contributed by atoms with Crippen LogP contribution in [0, 0.1) is 0 Å². The molecule has 0 aliphatic rings. The molecule has 0 spiro atoms. The summed E-state index contributed by atoms with van der Waals surface area (Å²) in [6, 6.07) is 0. The van der Waals surface area contributed by atoms with Crippen LogP contribution in [0.25, 0.3) is 0 Å². The smallest absolute Gasteiger partial charge is 0.0811 e. The van der Waals surface area contributed by atoms with Crippen molar-refractivity contribution in [2.45, 2.75) is 60.8 Å². The summed E-state index contributed by atoms with van der Waals surface area (Å²) in [5, 5.41) is 0. The van der Waals surface area contributed by atoms with Gasteiger partial charge in [0.15, 0.2) is 0 Å². The van der Waals surface area contributed by atoms with Crippen LogP contribution in [0.3, 0.4) is 0 Å². The van der Waals surface area contributed by atoms with Crippen LogP contribution >= 0.6 is 35.0 Å². The third kappa shape index (κ3) is 4.27. The van der Waals surface area contributed by atoms with Gasteiger partial charge in [0.25, 0.3) is 0 Å². The second-order valence-electron chi connectivity index (χ2n) is 6.44. The van der Waals surface area contributed by atoms with Gasteiger partial charge in [-0.15, -0.1) is 35.0 Å². The molecule has 5 heteroatoms. The van der Waals surface area contributed by atoms with E-state index in [4.69, 9.17) is 23.2 Å². The highest BCUT2D eigenvalue weighted by Crippen LogP contribution is 2.50. The fourth-order valence-corrected chi connectivity index (χ4v) is 6.80. The lowest BCUT2D eigenvalue weighted by molar-refractivity contribution is 1.12. The van der Waals surface area contributed by atoms with Crippen LogP contribution in [0.15, 0.2) is 0 Å². The van der Waals surface area contributed by atoms with Crippen LogP contribution in [-0.2, 0) is 0 Å². The third-order valence-corrected chi connectivity index (χ3v) is 17.3. The fraction of sp³-hybridized carbons (Fsp3) is 1.00. The second-order valence-corrected chi connectivity index (χ2v) is 22.6.